The van der Waals surface area contributed by atoms with Gasteiger partial charge in [-0.05, 0) is 43.7 Å². The Morgan fingerprint density at radius 1 is 1.15 bits per heavy atom. The number of hydrogen-bond acceptors (Lipinski definition) is 3. The first-order chi connectivity index (χ1) is 13.1. The number of aryl methyl sites for hydroxylation is 1. The summed E-state index contributed by atoms with van der Waals surface area (Å²) in [5.41, 5.74) is 9.62. The number of nitrogens with one attached hydrogen (secondary N) is 1. The number of nitrogens with two attached hydrogens (primary N) is 1. The molecule has 5 nitrogen and oxygen atoms in total. The van der Waals surface area contributed by atoms with Crippen molar-refractivity contribution in [2.45, 2.75) is 19.4 Å². The first-order valence-corrected chi connectivity index (χ1v) is 9.73. The molecule has 1 fully saturated rings. The molecule has 3 N–H and O–H groups in total. The highest BCUT2D eigenvalue weighted by Crippen LogP contribution is 2.24. The van der Waals surface area contributed by atoms with E-state index in [1.807, 2.05) is 12.1 Å². The molecule has 3 rings (SSSR count). The number of likely N-dealkylation sites (N-methyl/N-ethyl adjacent to an activating group) is 1. The summed E-state index contributed by atoms with van der Waals surface area (Å²) in [6.07, 6.45) is 1.00. The Hall–Kier alpha value is -2.37. The zero-order valence-electron chi connectivity index (χ0n) is 16.4. The van der Waals surface area contributed by atoms with E-state index < -0.39 is 0 Å². The van der Waals surface area contributed by atoms with Gasteiger partial charge in [0.2, 0.25) is 0 Å². The second-order valence-corrected chi connectivity index (χ2v) is 7.34. The summed E-state index contributed by atoms with van der Waals surface area (Å²) < 4.78 is 0. The molecule has 0 bridgehead atoms. The average Bonchev–Trinajstić information content (AvgIpc) is 2.67. The third-order valence-corrected chi connectivity index (χ3v) is 5.05. The van der Waals surface area contributed by atoms with Gasteiger partial charge in [0.25, 0.3) is 0 Å². The van der Waals surface area contributed by atoms with Gasteiger partial charge in [0.15, 0.2) is 5.96 Å². The quantitative estimate of drug-likeness (QED) is 0.469. The molecule has 27 heavy (non-hydrogen) atoms. The predicted octanol–water partition coefficient (Wildman–Crippen LogP) is 3.10. The number of benzene rings is 2. The molecule has 0 radical (unpaired) electrons. The number of anilines is 1. The van der Waals surface area contributed by atoms with Crippen LogP contribution < -0.4 is 11.1 Å². The lowest BCUT2D eigenvalue weighted by molar-refractivity contribution is 0.0894. The van der Waals surface area contributed by atoms with Gasteiger partial charge in [-0.3, -0.25) is 9.89 Å². The van der Waals surface area contributed by atoms with Crippen LogP contribution in [-0.4, -0.2) is 55.5 Å². The maximum atomic E-state index is 6.03. The summed E-state index contributed by atoms with van der Waals surface area (Å²) in [7, 11) is 2.20. The largest absolute Gasteiger partial charge is 0.370 e. The Bertz CT molecular complexity index is 743. The van der Waals surface area contributed by atoms with Gasteiger partial charge >= 0.3 is 0 Å². The Labute approximate surface area is 162 Å². The lowest BCUT2D eigenvalue weighted by atomic mass is 10.0. The Kier molecular flexibility index (Phi) is 6.85. The molecule has 1 unspecified atom stereocenters. The summed E-state index contributed by atoms with van der Waals surface area (Å²) in [6.45, 7) is 7.12. The highest BCUT2D eigenvalue weighted by Gasteiger charge is 2.25. The minimum Gasteiger partial charge on any atom is -0.370 e. The predicted molar refractivity (Wildman–Crippen MR) is 114 cm³/mol. The summed E-state index contributed by atoms with van der Waals surface area (Å²) in [5, 5.41) is 3.17. The standard InChI is InChI=1S/C22H31N5/c1-18-8-6-11-20(16-18)25-22(23)24-12-7-13-27-15-14-26(2)17-21(27)19-9-4-3-5-10-19/h3-6,8-11,16,21H,7,12-15,17H2,1-2H3,(H3,23,24,25). The summed E-state index contributed by atoms with van der Waals surface area (Å²) >= 11 is 0. The molecule has 1 heterocycles. The van der Waals surface area contributed by atoms with Crippen LogP contribution in [0.25, 0.3) is 0 Å². The lowest BCUT2D eigenvalue weighted by Crippen LogP contribution is -2.47. The van der Waals surface area contributed by atoms with Crippen molar-refractivity contribution in [2.24, 2.45) is 10.7 Å². The fourth-order valence-corrected chi connectivity index (χ4v) is 3.60. The van der Waals surface area contributed by atoms with E-state index >= 15 is 0 Å². The van der Waals surface area contributed by atoms with Crippen LogP contribution in [0.1, 0.15) is 23.6 Å². The number of guanidine groups is 1. The summed E-state index contributed by atoms with van der Waals surface area (Å²) in [6, 6.07) is 19.4. The molecule has 0 aliphatic carbocycles. The van der Waals surface area contributed by atoms with Crippen LogP contribution in [0.2, 0.25) is 0 Å². The molecule has 0 spiro atoms. The second kappa shape index (κ2) is 9.53. The smallest absolute Gasteiger partial charge is 0.193 e. The lowest BCUT2D eigenvalue weighted by Gasteiger charge is -2.40. The minimum atomic E-state index is 0.455. The average molecular weight is 366 g/mol. The zero-order valence-corrected chi connectivity index (χ0v) is 16.4. The maximum absolute atomic E-state index is 6.03. The normalized spacial score (nSPS) is 19.2. The minimum absolute atomic E-state index is 0.455. The zero-order chi connectivity index (χ0) is 19.1. The molecule has 1 atom stereocenters. The van der Waals surface area contributed by atoms with Gasteiger partial charge in [-0.1, -0.05) is 42.5 Å². The van der Waals surface area contributed by atoms with Crippen LogP contribution in [0.3, 0.4) is 0 Å². The van der Waals surface area contributed by atoms with Crippen molar-refractivity contribution in [3.63, 3.8) is 0 Å². The van der Waals surface area contributed by atoms with Crippen LogP contribution in [0.15, 0.2) is 59.6 Å². The van der Waals surface area contributed by atoms with Crippen LogP contribution in [-0.2, 0) is 0 Å². The highest BCUT2D eigenvalue weighted by atomic mass is 15.3. The number of piperazine rings is 1. The van der Waals surface area contributed by atoms with Gasteiger partial charge in [-0.15, -0.1) is 0 Å². The molecule has 5 heteroatoms. The Morgan fingerprint density at radius 2 is 1.96 bits per heavy atom. The Balaban J connectivity index is 1.51. The number of nitrogens with zero attached hydrogens (tertiary/aromatic N) is 3. The number of hydrogen-bond donors (Lipinski definition) is 2. The van der Waals surface area contributed by atoms with Crippen molar-refractivity contribution in [1.82, 2.24) is 9.80 Å². The first-order valence-electron chi connectivity index (χ1n) is 9.73. The van der Waals surface area contributed by atoms with Gasteiger partial charge in [-0.2, -0.15) is 0 Å². The summed E-state index contributed by atoms with van der Waals surface area (Å²) in [5.74, 6) is 0.485. The molecule has 2 aromatic rings. The van der Waals surface area contributed by atoms with E-state index in [4.69, 9.17) is 5.73 Å². The highest BCUT2D eigenvalue weighted by molar-refractivity contribution is 5.92. The molecule has 0 amide bonds. The van der Waals surface area contributed by atoms with Crippen molar-refractivity contribution in [1.29, 1.82) is 0 Å². The van der Waals surface area contributed by atoms with Gasteiger partial charge < -0.3 is 16.0 Å². The first kappa shape index (κ1) is 19.4. The molecular formula is C22H31N5. The molecule has 1 aliphatic rings. The monoisotopic (exact) mass is 365 g/mol. The molecule has 0 aromatic heterocycles. The molecule has 1 saturated heterocycles. The van der Waals surface area contributed by atoms with E-state index in [0.29, 0.717) is 12.0 Å². The van der Waals surface area contributed by atoms with Gasteiger partial charge in [0.05, 0.1) is 0 Å². The van der Waals surface area contributed by atoms with E-state index in [-0.39, 0.29) is 0 Å². The van der Waals surface area contributed by atoms with Gasteiger partial charge in [0.1, 0.15) is 0 Å². The summed E-state index contributed by atoms with van der Waals surface area (Å²) in [4.78, 5) is 9.48. The second-order valence-electron chi connectivity index (χ2n) is 7.34. The van der Waals surface area contributed by atoms with E-state index in [0.717, 1.165) is 44.8 Å². The van der Waals surface area contributed by atoms with Gasteiger partial charge in [0, 0.05) is 44.5 Å². The fraction of sp³-hybridized carbons (Fsp3) is 0.409. The molecule has 144 valence electrons. The molecule has 2 aromatic carbocycles. The van der Waals surface area contributed by atoms with Crippen molar-refractivity contribution in [3.05, 3.63) is 65.7 Å². The topological polar surface area (TPSA) is 56.9 Å². The van der Waals surface area contributed by atoms with E-state index in [1.54, 1.807) is 0 Å². The van der Waals surface area contributed by atoms with Crippen molar-refractivity contribution >= 4 is 11.6 Å². The van der Waals surface area contributed by atoms with Crippen LogP contribution >= 0.6 is 0 Å². The van der Waals surface area contributed by atoms with Gasteiger partial charge in [-0.25, -0.2) is 0 Å². The molecular weight excluding hydrogens is 334 g/mol. The van der Waals surface area contributed by atoms with E-state index in [2.05, 4.69) is 76.5 Å². The number of rotatable bonds is 6. The van der Waals surface area contributed by atoms with E-state index in [1.165, 1.54) is 11.1 Å². The van der Waals surface area contributed by atoms with Crippen molar-refractivity contribution in [3.8, 4) is 0 Å². The third kappa shape index (κ3) is 5.81. The fourth-order valence-electron chi connectivity index (χ4n) is 3.60. The Morgan fingerprint density at radius 3 is 2.74 bits per heavy atom. The van der Waals surface area contributed by atoms with E-state index in [9.17, 15) is 0 Å². The van der Waals surface area contributed by atoms with Crippen LogP contribution in [0, 0.1) is 6.92 Å². The van der Waals surface area contributed by atoms with Crippen LogP contribution in [0.5, 0.6) is 0 Å². The third-order valence-electron chi connectivity index (χ3n) is 5.05. The van der Waals surface area contributed by atoms with Crippen molar-refractivity contribution < 1.29 is 0 Å². The van der Waals surface area contributed by atoms with Crippen molar-refractivity contribution in [2.75, 3.05) is 45.1 Å². The molecule has 1 aliphatic heterocycles. The number of aliphatic imine (C=N–C) groups is 1. The molecule has 0 saturated carbocycles. The maximum Gasteiger partial charge on any atom is 0.193 e. The SMILES string of the molecule is Cc1cccc(NC(N)=NCCCN2CCN(C)CC2c2ccccc2)c1. The van der Waals surface area contributed by atoms with Crippen LogP contribution in [0.4, 0.5) is 5.69 Å².